The van der Waals surface area contributed by atoms with Crippen LogP contribution < -0.4 is 0 Å². The summed E-state index contributed by atoms with van der Waals surface area (Å²) in [5, 5.41) is 0. The summed E-state index contributed by atoms with van der Waals surface area (Å²) in [6.07, 6.45) is 3.12. The van der Waals surface area contributed by atoms with E-state index < -0.39 is 6.10 Å². The summed E-state index contributed by atoms with van der Waals surface area (Å²) < 4.78 is 16.7. The van der Waals surface area contributed by atoms with Crippen molar-refractivity contribution in [3.63, 3.8) is 0 Å². The molecule has 1 aromatic rings. The zero-order chi connectivity index (χ0) is 16.8. The Balaban J connectivity index is 2.31. The van der Waals surface area contributed by atoms with Crippen LogP contribution in [0.1, 0.15) is 26.3 Å². The third kappa shape index (κ3) is 4.02. The van der Waals surface area contributed by atoms with E-state index in [1.54, 1.807) is 14.0 Å². The van der Waals surface area contributed by atoms with Crippen molar-refractivity contribution in [2.24, 2.45) is 5.92 Å². The molecule has 4 nitrogen and oxygen atoms in total. The second-order valence-electron chi connectivity index (χ2n) is 5.69. The zero-order valence-corrected chi connectivity index (χ0v) is 14.1. The molecule has 4 heteroatoms. The molecule has 23 heavy (non-hydrogen) atoms. The van der Waals surface area contributed by atoms with E-state index >= 15 is 0 Å². The van der Waals surface area contributed by atoms with Crippen molar-refractivity contribution in [2.75, 3.05) is 13.7 Å². The molecular weight excluding hydrogens is 292 g/mol. The highest BCUT2D eigenvalue weighted by molar-refractivity contribution is 5.91. The number of hydrogen-bond acceptors (Lipinski definition) is 4. The molecular formula is C19H24O4. The SMILES string of the molecule is CCOC(=O)C1=C(OC)[C@@H](C(C)C)O[C@H]1/C=C/c1ccccc1. The third-order valence-electron chi connectivity index (χ3n) is 3.69. The Labute approximate surface area is 137 Å². The Kier molecular flexibility index (Phi) is 5.99. The average Bonchev–Trinajstić information content (AvgIpc) is 2.93. The summed E-state index contributed by atoms with van der Waals surface area (Å²) in [5.41, 5.74) is 1.51. The van der Waals surface area contributed by atoms with Gasteiger partial charge in [0.15, 0.2) is 0 Å². The Hall–Kier alpha value is -2.07. The Bertz CT molecular complexity index is 587. The summed E-state index contributed by atoms with van der Waals surface area (Å²) in [6, 6.07) is 9.89. The number of carbonyl (C=O) groups excluding carboxylic acids is 1. The minimum absolute atomic E-state index is 0.199. The van der Waals surface area contributed by atoms with Crippen molar-refractivity contribution in [1.29, 1.82) is 0 Å². The van der Waals surface area contributed by atoms with Gasteiger partial charge >= 0.3 is 5.97 Å². The lowest BCUT2D eigenvalue weighted by atomic mass is 10.0. The van der Waals surface area contributed by atoms with E-state index in [9.17, 15) is 4.79 Å². The number of hydrogen-bond donors (Lipinski definition) is 0. The number of ether oxygens (including phenoxy) is 3. The number of methoxy groups -OCH3 is 1. The first kappa shape index (κ1) is 17.3. The first-order valence-corrected chi connectivity index (χ1v) is 7.92. The van der Waals surface area contributed by atoms with E-state index in [4.69, 9.17) is 14.2 Å². The average molecular weight is 316 g/mol. The van der Waals surface area contributed by atoms with E-state index in [0.717, 1.165) is 5.56 Å². The minimum Gasteiger partial charge on any atom is -0.498 e. The van der Waals surface area contributed by atoms with E-state index in [-0.39, 0.29) is 18.0 Å². The molecule has 0 N–H and O–H groups in total. The van der Waals surface area contributed by atoms with Crippen LogP contribution in [-0.2, 0) is 19.0 Å². The molecule has 0 amide bonds. The van der Waals surface area contributed by atoms with Crippen LogP contribution in [0, 0.1) is 5.92 Å². The van der Waals surface area contributed by atoms with Crippen LogP contribution in [0.4, 0.5) is 0 Å². The fourth-order valence-electron chi connectivity index (χ4n) is 2.60. The lowest BCUT2D eigenvalue weighted by molar-refractivity contribution is -0.139. The maximum atomic E-state index is 12.3. The van der Waals surface area contributed by atoms with Gasteiger partial charge in [-0.1, -0.05) is 56.3 Å². The maximum Gasteiger partial charge on any atom is 0.340 e. The maximum absolute atomic E-state index is 12.3. The monoisotopic (exact) mass is 316 g/mol. The third-order valence-corrected chi connectivity index (χ3v) is 3.69. The van der Waals surface area contributed by atoms with E-state index in [0.29, 0.717) is 17.9 Å². The van der Waals surface area contributed by atoms with Gasteiger partial charge in [-0.25, -0.2) is 4.79 Å². The Morgan fingerprint density at radius 2 is 2.00 bits per heavy atom. The fraction of sp³-hybridized carbons (Fsp3) is 0.421. The van der Waals surface area contributed by atoms with Gasteiger partial charge in [0, 0.05) is 0 Å². The molecule has 0 spiro atoms. The summed E-state index contributed by atoms with van der Waals surface area (Å²) in [7, 11) is 1.57. The van der Waals surface area contributed by atoms with Crippen LogP contribution in [0.15, 0.2) is 47.7 Å². The van der Waals surface area contributed by atoms with Gasteiger partial charge in [0.25, 0.3) is 0 Å². The summed E-state index contributed by atoms with van der Waals surface area (Å²) in [5.74, 6) is 0.390. The van der Waals surface area contributed by atoms with Crippen molar-refractivity contribution >= 4 is 12.0 Å². The first-order chi connectivity index (χ1) is 11.1. The predicted octanol–water partition coefficient (Wildman–Crippen LogP) is 3.59. The summed E-state index contributed by atoms with van der Waals surface area (Å²) >= 11 is 0. The second-order valence-corrected chi connectivity index (χ2v) is 5.69. The van der Waals surface area contributed by atoms with Crippen LogP contribution in [0.25, 0.3) is 6.08 Å². The van der Waals surface area contributed by atoms with Gasteiger partial charge < -0.3 is 14.2 Å². The molecule has 1 aliphatic heterocycles. The van der Waals surface area contributed by atoms with Gasteiger partial charge in [-0.3, -0.25) is 0 Å². The van der Waals surface area contributed by atoms with Crippen LogP contribution in [0.2, 0.25) is 0 Å². The standard InChI is InChI=1S/C19H24O4/c1-5-22-19(20)16-15(12-11-14-9-7-6-8-10-14)23-17(13(2)3)18(16)21-4/h6-13,15,17H,5H2,1-4H3/b12-11+/t15-,17+/m0/s1. The molecule has 1 aromatic carbocycles. The highest BCUT2D eigenvalue weighted by Crippen LogP contribution is 2.33. The normalized spacial score (nSPS) is 21.3. The summed E-state index contributed by atoms with van der Waals surface area (Å²) in [6.45, 7) is 6.18. The van der Waals surface area contributed by atoms with Gasteiger partial charge in [-0.05, 0) is 18.4 Å². The molecule has 0 saturated carbocycles. The van der Waals surface area contributed by atoms with Gasteiger partial charge in [-0.2, -0.15) is 0 Å². The van der Waals surface area contributed by atoms with Crippen LogP contribution in [0.5, 0.6) is 0 Å². The van der Waals surface area contributed by atoms with Crippen molar-refractivity contribution in [3.8, 4) is 0 Å². The van der Waals surface area contributed by atoms with Crippen molar-refractivity contribution in [2.45, 2.75) is 33.0 Å². The van der Waals surface area contributed by atoms with E-state index in [1.165, 1.54) is 0 Å². The molecule has 0 fully saturated rings. The molecule has 0 radical (unpaired) electrons. The Morgan fingerprint density at radius 3 is 2.57 bits per heavy atom. The van der Waals surface area contributed by atoms with Crippen molar-refractivity contribution in [3.05, 3.63) is 53.3 Å². The number of rotatable bonds is 6. The van der Waals surface area contributed by atoms with E-state index in [2.05, 4.69) is 0 Å². The van der Waals surface area contributed by atoms with Crippen LogP contribution >= 0.6 is 0 Å². The van der Waals surface area contributed by atoms with Crippen molar-refractivity contribution in [1.82, 2.24) is 0 Å². The lowest BCUT2D eigenvalue weighted by Crippen LogP contribution is -2.20. The largest absolute Gasteiger partial charge is 0.498 e. The molecule has 0 saturated heterocycles. The lowest BCUT2D eigenvalue weighted by Gasteiger charge is -2.17. The molecule has 2 rings (SSSR count). The van der Waals surface area contributed by atoms with Gasteiger partial charge in [0.1, 0.15) is 23.5 Å². The number of esters is 1. The quantitative estimate of drug-likeness (QED) is 0.752. The molecule has 1 heterocycles. The molecule has 2 atom stereocenters. The minimum atomic E-state index is -0.461. The molecule has 0 bridgehead atoms. The van der Waals surface area contributed by atoms with Gasteiger partial charge in [0.05, 0.1) is 13.7 Å². The fourth-order valence-corrected chi connectivity index (χ4v) is 2.60. The molecule has 1 aliphatic rings. The molecule has 0 aromatic heterocycles. The Morgan fingerprint density at radius 1 is 1.30 bits per heavy atom. The molecule has 124 valence electrons. The van der Waals surface area contributed by atoms with Crippen molar-refractivity contribution < 1.29 is 19.0 Å². The smallest absolute Gasteiger partial charge is 0.340 e. The van der Waals surface area contributed by atoms with E-state index in [1.807, 2.05) is 56.3 Å². The summed E-state index contributed by atoms with van der Waals surface area (Å²) in [4.78, 5) is 12.3. The predicted molar refractivity (Wildman–Crippen MR) is 89.6 cm³/mol. The topological polar surface area (TPSA) is 44.8 Å². The number of carbonyl (C=O) groups is 1. The second kappa shape index (κ2) is 7.97. The van der Waals surface area contributed by atoms with Gasteiger partial charge in [-0.15, -0.1) is 0 Å². The van der Waals surface area contributed by atoms with Gasteiger partial charge in [0.2, 0.25) is 0 Å². The number of benzene rings is 1. The van der Waals surface area contributed by atoms with Crippen LogP contribution in [-0.4, -0.2) is 31.9 Å². The first-order valence-electron chi connectivity index (χ1n) is 7.92. The highest BCUT2D eigenvalue weighted by Gasteiger charge is 2.40. The highest BCUT2D eigenvalue weighted by atomic mass is 16.6. The van der Waals surface area contributed by atoms with Crippen LogP contribution in [0.3, 0.4) is 0 Å². The molecule has 0 aliphatic carbocycles. The zero-order valence-electron chi connectivity index (χ0n) is 14.1. The molecule has 0 unspecified atom stereocenters.